The molecule has 0 bridgehead atoms. The summed E-state index contributed by atoms with van der Waals surface area (Å²) >= 11 is 0. The molecule has 0 fully saturated rings. The number of hydrogen-bond acceptors (Lipinski definition) is 8. The number of hydrogen-bond donors (Lipinski definition) is 11. The Labute approximate surface area is 140 Å². The summed E-state index contributed by atoms with van der Waals surface area (Å²) in [5.74, 6) is 0. The Bertz CT molecular complexity index is 259. The van der Waals surface area contributed by atoms with Gasteiger partial charge in [-0.25, -0.2) is 14.4 Å². The van der Waals surface area contributed by atoms with E-state index >= 15 is 0 Å². The van der Waals surface area contributed by atoms with Gasteiger partial charge in [-0.15, -0.1) is 0 Å². The molecule has 24 heavy (non-hydrogen) atoms. The molecule has 0 aliphatic heterocycles. The normalized spacial score (nSPS) is 7.38. The molecule has 0 aliphatic carbocycles. The first-order valence-electron chi connectivity index (χ1n) is 5.50. The Balaban J connectivity index is -0.0000000730. The summed E-state index contributed by atoms with van der Waals surface area (Å²) in [5, 5.41) is 49.7. The Hall–Kier alpha value is -2.39. The van der Waals surface area contributed by atoms with Gasteiger partial charge >= 0.3 is 18.1 Å². The van der Waals surface area contributed by atoms with Gasteiger partial charge in [-0.3, -0.25) is 0 Å². The van der Waals surface area contributed by atoms with Crippen molar-refractivity contribution in [3.05, 3.63) is 0 Å². The molecule has 0 unspecified atom stereocenters. The maximum absolute atomic E-state index is 10.1. The van der Waals surface area contributed by atoms with Crippen molar-refractivity contribution in [1.29, 1.82) is 0 Å². The lowest BCUT2D eigenvalue weighted by molar-refractivity contribution is 0.200. The quantitative estimate of drug-likeness (QED) is 0.216. The third kappa shape index (κ3) is 42.7. The van der Waals surface area contributed by atoms with Gasteiger partial charge in [-0.2, -0.15) is 0 Å². The van der Waals surface area contributed by atoms with E-state index in [1.165, 1.54) is 0 Å². The zero-order valence-corrected chi connectivity index (χ0v) is 11.6. The Morgan fingerprint density at radius 2 is 0.792 bits per heavy atom. The van der Waals surface area contributed by atoms with E-state index in [1.54, 1.807) is 0 Å². The minimum Gasteiger partial charge on any atom is -0.376 e. The van der Waals surface area contributed by atoms with Crippen LogP contribution in [0, 0.1) is 0 Å². The summed E-state index contributed by atoms with van der Waals surface area (Å²) in [6, 6.07) is -1.89. The van der Waals surface area contributed by atoms with Crippen LogP contribution in [0.4, 0.5) is 14.4 Å². The van der Waals surface area contributed by atoms with Crippen LogP contribution in [0.25, 0.3) is 0 Å². The third-order valence-corrected chi connectivity index (χ3v) is 1.21. The summed E-state index contributed by atoms with van der Waals surface area (Å²) in [6.45, 7) is -2.09. The molecule has 6 amide bonds. The maximum atomic E-state index is 10.1. The molecule has 0 rings (SSSR count). The third-order valence-electron chi connectivity index (χ3n) is 1.21. The van der Waals surface area contributed by atoms with Crippen LogP contribution in [0.2, 0.25) is 0 Å². The van der Waals surface area contributed by atoms with E-state index in [4.69, 9.17) is 25.5 Å². The fourth-order valence-corrected chi connectivity index (χ4v) is 0.490. The van der Waals surface area contributed by atoms with Gasteiger partial charge in [0.1, 0.15) is 33.7 Å². The molecule has 0 aromatic carbocycles. The van der Waals surface area contributed by atoms with Crippen LogP contribution in [0.1, 0.15) is 14.9 Å². The van der Waals surface area contributed by atoms with Crippen LogP contribution in [0.5, 0.6) is 0 Å². The number of rotatable bonds is 5. The fourth-order valence-electron chi connectivity index (χ4n) is 0.490. The van der Waals surface area contributed by atoms with E-state index < -0.39 is 51.7 Å². The predicted molar refractivity (Wildman–Crippen MR) is 84.9 cm³/mol. The van der Waals surface area contributed by atoms with Crippen LogP contribution in [0.3, 0.4) is 0 Å². The van der Waals surface area contributed by atoms with Crippen LogP contribution >= 0.6 is 0 Å². The minimum absolute atomic E-state index is 0. The van der Waals surface area contributed by atoms with Crippen molar-refractivity contribution >= 4 is 18.1 Å². The summed E-state index contributed by atoms with van der Waals surface area (Å²) in [6.07, 6.45) is 0. The second-order valence-electron chi connectivity index (χ2n) is 2.70. The molecule has 0 saturated carbocycles. The molecule has 12 N–H and O–H groups in total. The molecule has 0 aromatic heterocycles. The van der Waals surface area contributed by atoms with Gasteiger partial charge < -0.3 is 57.9 Å². The van der Waals surface area contributed by atoms with E-state index in [2.05, 4.69) is 5.73 Å². The van der Waals surface area contributed by atoms with Crippen molar-refractivity contribution in [2.75, 3.05) is 33.7 Å². The van der Waals surface area contributed by atoms with Gasteiger partial charge in [0.05, 0.1) is 0 Å². The van der Waals surface area contributed by atoms with Crippen molar-refractivity contribution in [2.24, 2.45) is 5.73 Å². The molecule has 0 aliphatic rings. The molecular formula is C10H30N6O8. The topological polar surface area (TPSA) is 239 Å². The molecule has 148 valence electrons. The Morgan fingerprint density at radius 3 is 0.875 bits per heavy atom. The lowest BCUT2D eigenvalue weighted by atomic mass is 10.9. The number of aliphatic hydroxyl groups excluding tert-OH is 5. The average molecular weight is 362 g/mol. The summed E-state index contributed by atoms with van der Waals surface area (Å²) < 4.78 is 0. The van der Waals surface area contributed by atoms with Gasteiger partial charge in [0, 0.05) is 0 Å². The molecule has 0 aromatic rings. The second kappa shape index (κ2) is 28.7. The van der Waals surface area contributed by atoms with E-state index in [0.29, 0.717) is 0 Å². The first-order valence-corrected chi connectivity index (χ1v) is 5.50. The zero-order chi connectivity index (χ0) is 17.8. The summed E-state index contributed by atoms with van der Waals surface area (Å²) in [5.41, 5.74) is 4.49. The average Bonchev–Trinajstić information content (AvgIpc) is 2.41. The smallest absolute Gasteiger partial charge is 0.318 e. The van der Waals surface area contributed by atoms with Crippen LogP contribution < -0.4 is 32.3 Å². The van der Waals surface area contributed by atoms with E-state index in [1.807, 2.05) is 26.6 Å². The summed E-state index contributed by atoms with van der Waals surface area (Å²) in [7, 11) is 0. The second-order valence-corrected chi connectivity index (χ2v) is 2.70. The fraction of sp³-hybridized carbons (Fsp3) is 0.700. The van der Waals surface area contributed by atoms with Crippen molar-refractivity contribution in [3.63, 3.8) is 0 Å². The predicted octanol–water partition coefficient (Wildman–Crippen LogP) is -3.75. The number of primary amides is 1. The van der Waals surface area contributed by atoms with Crippen molar-refractivity contribution in [3.8, 4) is 0 Å². The van der Waals surface area contributed by atoms with Gasteiger partial charge in [0.15, 0.2) is 0 Å². The minimum atomic E-state index is -0.711. The lowest BCUT2D eigenvalue weighted by Gasteiger charge is -1.98. The van der Waals surface area contributed by atoms with Gasteiger partial charge in [-0.05, 0) is 0 Å². The summed E-state index contributed by atoms with van der Waals surface area (Å²) in [4.78, 5) is 29.8. The number of carbonyl (C=O) groups is 3. The molecule has 0 heterocycles. The zero-order valence-electron chi connectivity index (χ0n) is 11.6. The lowest BCUT2D eigenvalue weighted by Crippen LogP contribution is -2.36. The standard InChI is InChI=1S/2C3H8N2O3.C2H6N2O2.2CH4/c2*6-1-4-3(8)5-2-7;3-2(6)4-1-5;;/h2*6-7H,1-2H2,(H2,4,5,8);5H,1H2,(H3,3,4,6);2*1H4. The number of aliphatic hydroxyl groups is 5. The van der Waals surface area contributed by atoms with Gasteiger partial charge in [-0.1, -0.05) is 14.9 Å². The van der Waals surface area contributed by atoms with Gasteiger partial charge in [0.2, 0.25) is 0 Å². The first-order chi connectivity index (χ1) is 10.4. The molecule has 14 nitrogen and oxygen atoms in total. The van der Waals surface area contributed by atoms with Crippen molar-refractivity contribution < 1.29 is 39.9 Å². The SMILES string of the molecule is C.C.NC(=O)NCO.O=C(NCO)NCO.O=C(NCO)NCO. The number of carbonyl (C=O) groups excluding carboxylic acids is 3. The highest BCUT2D eigenvalue weighted by Gasteiger charge is 1.91. The highest BCUT2D eigenvalue weighted by atomic mass is 16.3. The highest BCUT2D eigenvalue weighted by molar-refractivity contribution is 5.73. The molecule has 0 radical (unpaired) electrons. The highest BCUT2D eigenvalue weighted by Crippen LogP contribution is 1.57. The van der Waals surface area contributed by atoms with Crippen LogP contribution in [-0.2, 0) is 0 Å². The van der Waals surface area contributed by atoms with Gasteiger partial charge in [0.25, 0.3) is 0 Å². The number of urea groups is 3. The molecule has 0 spiro atoms. The Morgan fingerprint density at radius 1 is 0.583 bits per heavy atom. The number of nitrogens with two attached hydrogens (primary N) is 1. The van der Waals surface area contributed by atoms with Crippen LogP contribution in [0.15, 0.2) is 0 Å². The maximum Gasteiger partial charge on any atom is 0.318 e. The van der Waals surface area contributed by atoms with E-state index in [9.17, 15) is 14.4 Å². The monoisotopic (exact) mass is 362 g/mol. The van der Waals surface area contributed by atoms with Crippen molar-refractivity contribution in [2.45, 2.75) is 14.9 Å². The molecular weight excluding hydrogens is 332 g/mol. The largest absolute Gasteiger partial charge is 0.376 e. The molecule has 0 saturated heterocycles. The van der Waals surface area contributed by atoms with E-state index in [-0.39, 0.29) is 14.9 Å². The molecule has 14 heteroatoms. The van der Waals surface area contributed by atoms with Crippen molar-refractivity contribution in [1.82, 2.24) is 26.6 Å². The number of amides is 6. The first kappa shape index (κ1) is 33.3. The number of nitrogens with one attached hydrogen (secondary N) is 5. The van der Waals surface area contributed by atoms with E-state index in [0.717, 1.165) is 0 Å². The Kier molecular flexibility index (Phi) is 39.8. The van der Waals surface area contributed by atoms with Crippen LogP contribution in [-0.4, -0.2) is 77.3 Å². The molecule has 0 atom stereocenters.